The SMILES string of the molecule is CCN1CCC[C@]2(C)[C@H]3CC[C@]4(C)[C@@H]([C@H](C)CCCC(C)C)CC[C@H]4[C@@H]3CC[C@@H]12. The summed E-state index contributed by atoms with van der Waals surface area (Å²) in [6.45, 7) is 17.9. The van der Waals surface area contributed by atoms with Crippen molar-refractivity contribution in [3.63, 3.8) is 0 Å². The van der Waals surface area contributed by atoms with Crippen molar-refractivity contribution < 1.29 is 0 Å². The summed E-state index contributed by atoms with van der Waals surface area (Å²) in [5.74, 6) is 5.91. The molecule has 3 aliphatic carbocycles. The number of likely N-dealkylation sites (tertiary alicyclic amines) is 1. The first-order chi connectivity index (χ1) is 13.8. The highest BCUT2D eigenvalue weighted by molar-refractivity contribution is 5.11. The highest BCUT2D eigenvalue weighted by Crippen LogP contribution is 2.67. The third-order valence-electron chi connectivity index (χ3n) is 11.0. The van der Waals surface area contributed by atoms with Gasteiger partial charge >= 0.3 is 0 Å². The second-order valence-corrected chi connectivity index (χ2v) is 12.7. The molecule has 4 fully saturated rings. The number of piperidine rings is 1. The summed E-state index contributed by atoms with van der Waals surface area (Å²) in [6.07, 6.45) is 16.5. The lowest BCUT2D eigenvalue weighted by Gasteiger charge is -2.62. The highest BCUT2D eigenvalue weighted by Gasteiger charge is 2.60. The molecule has 4 rings (SSSR count). The lowest BCUT2D eigenvalue weighted by atomic mass is 9.46. The number of fused-ring (bicyclic) bond motifs is 5. The van der Waals surface area contributed by atoms with Gasteiger partial charge in [0.1, 0.15) is 0 Å². The largest absolute Gasteiger partial charge is 0.300 e. The molecule has 1 aliphatic heterocycles. The van der Waals surface area contributed by atoms with Gasteiger partial charge in [0.05, 0.1) is 0 Å². The number of rotatable bonds is 6. The van der Waals surface area contributed by atoms with Crippen LogP contribution in [0.1, 0.15) is 112 Å². The van der Waals surface area contributed by atoms with E-state index in [1.807, 2.05) is 0 Å². The van der Waals surface area contributed by atoms with Gasteiger partial charge in [0.25, 0.3) is 0 Å². The lowest BCUT2D eigenvalue weighted by molar-refractivity contribution is -0.129. The molecular weight excluding hydrogens is 350 g/mol. The zero-order chi connectivity index (χ0) is 20.8. The summed E-state index contributed by atoms with van der Waals surface area (Å²) in [7, 11) is 0. The highest BCUT2D eigenvalue weighted by atomic mass is 15.2. The fourth-order valence-electron chi connectivity index (χ4n) is 9.61. The molecule has 1 saturated heterocycles. The Labute approximate surface area is 182 Å². The third-order valence-corrected chi connectivity index (χ3v) is 11.0. The predicted molar refractivity (Wildman–Crippen MR) is 126 cm³/mol. The maximum absolute atomic E-state index is 2.86. The molecule has 0 spiro atoms. The van der Waals surface area contributed by atoms with Gasteiger partial charge in [0.15, 0.2) is 0 Å². The predicted octanol–water partition coefficient (Wildman–Crippen LogP) is 7.79. The van der Waals surface area contributed by atoms with Crippen LogP contribution in [-0.2, 0) is 0 Å². The Morgan fingerprint density at radius 2 is 1.62 bits per heavy atom. The minimum Gasteiger partial charge on any atom is -0.300 e. The van der Waals surface area contributed by atoms with E-state index in [1.54, 1.807) is 6.42 Å². The maximum atomic E-state index is 2.86. The van der Waals surface area contributed by atoms with E-state index < -0.39 is 0 Å². The molecule has 0 aromatic heterocycles. The first-order valence-electron chi connectivity index (χ1n) is 13.5. The molecule has 0 amide bonds. The Balaban J connectivity index is 1.48. The molecule has 1 heterocycles. The first-order valence-corrected chi connectivity index (χ1v) is 13.5. The first kappa shape index (κ1) is 22.2. The zero-order valence-electron chi connectivity index (χ0n) is 20.7. The smallest absolute Gasteiger partial charge is 0.0152 e. The van der Waals surface area contributed by atoms with Crippen LogP contribution in [0.15, 0.2) is 0 Å². The van der Waals surface area contributed by atoms with Gasteiger partial charge in [0, 0.05) is 6.04 Å². The van der Waals surface area contributed by atoms with Crippen LogP contribution in [-0.4, -0.2) is 24.0 Å². The van der Waals surface area contributed by atoms with Crippen molar-refractivity contribution in [3.8, 4) is 0 Å². The van der Waals surface area contributed by atoms with E-state index in [2.05, 4.69) is 46.4 Å². The molecule has 8 atom stereocenters. The topological polar surface area (TPSA) is 3.24 Å². The van der Waals surface area contributed by atoms with E-state index in [4.69, 9.17) is 0 Å². The second kappa shape index (κ2) is 8.48. The van der Waals surface area contributed by atoms with E-state index in [9.17, 15) is 0 Å². The Morgan fingerprint density at radius 1 is 0.862 bits per heavy atom. The van der Waals surface area contributed by atoms with Crippen molar-refractivity contribution in [2.24, 2.45) is 46.3 Å². The van der Waals surface area contributed by atoms with Gasteiger partial charge in [-0.05, 0) is 111 Å². The molecule has 4 aliphatic rings. The van der Waals surface area contributed by atoms with E-state index >= 15 is 0 Å². The van der Waals surface area contributed by atoms with Crippen molar-refractivity contribution in [2.45, 2.75) is 118 Å². The van der Waals surface area contributed by atoms with E-state index in [1.165, 1.54) is 77.3 Å². The van der Waals surface area contributed by atoms with E-state index in [0.717, 1.165) is 41.5 Å². The number of hydrogen-bond donors (Lipinski definition) is 0. The Hall–Kier alpha value is -0.0400. The number of nitrogens with zero attached hydrogens (tertiary/aromatic N) is 1. The second-order valence-electron chi connectivity index (χ2n) is 12.7. The van der Waals surface area contributed by atoms with Crippen molar-refractivity contribution in [1.82, 2.24) is 4.90 Å². The number of hydrogen-bond acceptors (Lipinski definition) is 1. The van der Waals surface area contributed by atoms with Crippen LogP contribution in [0.5, 0.6) is 0 Å². The van der Waals surface area contributed by atoms with E-state index in [-0.39, 0.29) is 0 Å². The van der Waals surface area contributed by atoms with Gasteiger partial charge in [-0.1, -0.05) is 60.8 Å². The summed E-state index contributed by atoms with van der Waals surface area (Å²) in [5, 5.41) is 0. The molecule has 0 unspecified atom stereocenters. The van der Waals surface area contributed by atoms with Crippen LogP contribution < -0.4 is 0 Å². The van der Waals surface area contributed by atoms with Gasteiger partial charge < -0.3 is 4.90 Å². The van der Waals surface area contributed by atoms with Crippen molar-refractivity contribution >= 4 is 0 Å². The molecule has 0 radical (unpaired) electrons. The third kappa shape index (κ3) is 3.74. The van der Waals surface area contributed by atoms with Gasteiger partial charge in [0.2, 0.25) is 0 Å². The van der Waals surface area contributed by atoms with Gasteiger partial charge in [-0.15, -0.1) is 0 Å². The molecular formula is C28H51N. The average molecular weight is 402 g/mol. The quantitative estimate of drug-likeness (QED) is 0.439. The summed E-state index contributed by atoms with van der Waals surface area (Å²) in [4.78, 5) is 2.86. The van der Waals surface area contributed by atoms with Gasteiger partial charge in [-0.25, -0.2) is 0 Å². The van der Waals surface area contributed by atoms with Crippen LogP contribution in [0.3, 0.4) is 0 Å². The Kier molecular flexibility index (Phi) is 6.48. The van der Waals surface area contributed by atoms with Gasteiger partial charge in [-0.2, -0.15) is 0 Å². The molecule has 0 aromatic rings. The van der Waals surface area contributed by atoms with Crippen LogP contribution in [0.25, 0.3) is 0 Å². The normalized spacial score (nSPS) is 46.2. The molecule has 1 nitrogen and oxygen atoms in total. The Bertz CT molecular complexity index is 555. The molecule has 0 bridgehead atoms. The van der Waals surface area contributed by atoms with Crippen molar-refractivity contribution in [3.05, 3.63) is 0 Å². The standard InChI is InChI=1S/C28H51N/c1-7-29-19-9-17-28(6)25-16-18-27(5)23(21(4)11-8-10-20(2)3)13-14-24(27)22(25)12-15-26(28)29/h20-26H,7-19H2,1-6H3/t21-,22+,23-,24+,25+,26-,27-,28-/m1/s1. The molecule has 3 saturated carbocycles. The lowest BCUT2D eigenvalue weighted by Crippen LogP contribution is -2.60. The molecule has 29 heavy (non-hydrogen) atoms. The zero-order valence-corrected chi connectivity index (χ0v) is 20.7. The minimum absolute atomic E-state index is 0.611. The molecule has 168 valence electrons. The van der Waals surface area contributed by atoms with Crippen molar-refractivity contribution in [2.75, 3.05) is 13.1 Å². The van der Waals surface area contributed by atoms with E-state index in [0.29, 0.717) is 10.8 Å². The Morgan fingerprint density at radius 3 is 2.34 bits per heavy atom. The van der Waals surface area contributed by atoms with Gasteiger partial charge in [-0.3, -0.25) is 0 Å². The molecule has 0 aromatic carbocycles. The van der Waals surface area contributed by atoms with Crippen molar-refractivity contribution in [1.29, 1.82) is 0 Å². The van der Waals surface area contributed by atoms with Crippen LogP contribution >= 0.6 is 0 Å². The maximum Gasteiger partial charge on any atom is 0.0152 e. The fourth-order valence-corrected chi connectivity index (χ4v) is 9.61. The molecule has 0 N–H and O–H groups in total. The summed E-state index contributed by atoms with van der Waals surface area (Å²) >= 11 is 0. The summed E-state index contributed by atoms with van der Waals surface area (Å²) in [5.41, 5.74) is 1.26. The summed E-state index contributed by atoms with van der Waals surface area (Å²) in [6, 6.07) is 0.888. The summed E-state index contributed by atoms with van der Waals surface area (Å²) < 4.78 is 0. The fraction of sp³-hybridized carbons (Fsp3) is 1.00. The van der Waals surface area contributed by atoms with Crippen LogP contribution in [0.2, 0.25) is 0 Å². The molecule has 1 heteroatoms. The average Bonchev–Trinajstić information content (AvgIpc) is 3.03. The minimum atomic E-state index is 0.611. The van der Waals surface area contributed by atoms with Crippen LogP contribution in [0.4, 0.5) is 0 Å². The van der Waals surface area contributed by atoms with Crippen LogP contribution in [0, 0.1) is 46.3 Å². The monoisotopic (exact) mass is 401 g/mol.